The van der Waals surface area contributed by atoms with Crippen LogP contribution in [0, 0.1) is 0 Å². The van der Waals surface area contributed by atoms with Crippen LogP contribution in [-0.2, 0) is 14.3 Å². The lowest BCUT2D eigenvalue weighted by Gasteiger charge is -2.19. The van der Waals surface area contributed by atoms with Crippen LogP contribution in [0.1, 0.15) is 33.1 Å². The minimum absolute atomic E-state index is 0.0267. The van der Waals surface area contributed by atoms with Crippen molar-refractivity contribution in [3.05, 3.63) is 12.3 Å². The third-order valence-electron chi connectivity index (χ3n) is 2.33. The highest BCUT2D eigenvalue weighted by Gasteiger charge is 2.12. The second kappa shape index (κ2) is 7.28. The first-order valence-electron chi connectivity index (χ1n) is 5.87. The van der Waals surface area contributed by atoms with Gasteiger partial charge in [0.15, 0.2) is 0 Å². The average Bonchev–Trinajstić information content (AvgIpc) is 2.27. The van der Waals surface area contributed by atoms with Crippen LogP contribution in [0.3, 0.4) is 0 Å². The second-order valence-corrected chi connectivity index (χ2v) is 4.18. The molecule has 0 aromatic carbocycles. The van der Waals surface area contributed by atoms with Gasteiger partial charge in [-0.3, -0.25) is 4.79 Å². The normalized spacial score (nSPS) is 19.6. The topological polar surface area (TPSA) is 47.6 Å². The molecule has 1 N–H and O–H groups in total. The van der Waals surface area contributed by atoms with E-state index in [1.807, 2.05) is 19.9 Å². The monoisotopic (exact) mass is 227 g/mol. The summed E-state index contributed by atoms with van der Waals surface area (Å²) in [5.74, 6) is 0.0267. The molecule has 0 spiro atoms. The summed E-state index contributed by atoms with van der Waals surface area (Å²) in [6.07, 6.45) is 6.42. The fourth-order valence-electron chi connectivity index (χ4n) is 1.44. The Hall–Kier alpha value is -1.03. The Morgan fingerprint density at radius 3 is 3.06 bits per heavy atom. The van der Waals surface area contributed by atoms with Crippen LogP contribution in [0.15, 0.2) is 12.3 Å². The van der Waals surface area contributed by atoms with Crippen LogP contribution in [0.2, 0.25) is 0 Å². The van der Waals surface area contributed by atoms with E-state index >= 15 is 0 Å². The molecule has 1 aliphatic heterocycles. The lowest BCUT2D eigenvalue weighted by molar-refractivity contribution is -0.123. The number of carbonyl (C=O) groups excluding carboxylic acids is 1. The Morgan fingerprint density at radius 1 is 1.62 bits per heavy atom. The van der Waals surface area contributed by atoms with Crippen molar-refractivity contribution in [2.75, 3.05) is 13.2 Å². The number of rotatable bonds is 6. The maximum Gasteiger partial charge on any atom is 0.222 e. The van der Waals surface area contributed by atoms with E-state index in [9.17, 15) is 4.79 Å². The molecule has 92 valence electrons. The van der Waals surface area contributed by atoms with Gasteiger partial charge in [-0.2, -0.15) is 0 Å². The van der Waals surface area contributed by atoms with Gasteiger partial charge in [0.2, 0.25) is 5.91 Å². The van der Waals surface area contributed by atoms with Gasteiger partial charge in [0, 0.05) is 6.42 Å². The van der Waals surface area contributed by atoms with E-state index in [4.69, 9.17) is 9.47 Å². The molecular weight excluding hydrogens is 206 g/mol. The summed E-state index contributed by atoms with van der Waals surface area (Å²) < 4.78 is 10.6. The average molecular weight is 227 g/mol. The first-order valence-corrected chi connectivity index (χ1v) is 5.87. The Bertz CT molecular complexity index is 238. The zero-order valence-electron chi connectivity index (χ0n) is 10.1. The number of hydrogen-bond donors (Lipinski definition) is 1. The molecule has 1 rings (SSSR count). The van der Waals surface area contributed by atoms with Gasteiger partial charge in [-0.05, 0) is 32.8 Å². The standard InChI is InChI=1S/C12H21NO3/c1-10(2)15-8-6-12(14)13-9-11-5-3-4-7-16-11/h4,7,10-11H,3,5-6,8-9H2,1-2H3,(H,13,14)/t11-/m1/s1. The maximum absolute atomic E-state index is 11.4. The van der Waals surface area contributed by atoms with E-state index in [1.165, 1.54) is 0 Å². The third kappa shape index (κ3) is 5.75. The fraction of sp³-hybridized carbons (Fsp3) is 0.750. The largest absolute Gasteiger partial charge is 0.497 e. The molecule has 4 heteroatoms. The molecule has 0 aromatic heterocycles. The van der Waals surface area contributed by atoms with Crippen LogP contribution in [0.25, 0.3) is 0 Å². The zero-order valence-corrected chi connectivity index (χ0v) is 10.1. The molecular formula is C12H21NO3. The van der Waals surface area contributed by atoms with Gasteiger partial charge in [0.1, 0.15) is 6.10 Å². The molecule has 1 aliphatic rings. The summed E-state index contributed by atoms with van der Waals surface area (Å²) in [6, 6.07) is 0. The van der Waals surface area contributed by atoms with E-state index in [1.54, 1.807) is 6.26 Å². The van der Waals surface area contributed by atoms with Crippen molar-refractivity contribution < 1.29 is 14.3 Å². The van der Waals surface area contributed by atoms with E-state index in [2.05, 4.69) is 5.32 Å². The van der Waals surface area contributed by atoms with Crippen LogP contribution in [-0.4, -0.2) is 31.3 Å². The van der Waals surface area contributed by atoms with Crippen LogP contribution in [0.5, 0.6) is 0 Å². The molecule has 0 saturated carbocycles. The number of nitrogens with one attached hydrogen (secondary N) is 1. The molecule has 1 atom stereocenters. The Labute approximate surface area is 97.0 Å². The van der Waals surface area contributed by atoms with Gasteiger partial charge in [-0.25, -0.2) is 0 Å². The molecule has 1 amide bonds. The lowest BCUT2D eigenvalue weighted by Crippen LogP contribution is -2.34. The van der Waals surface area contributed by atoms with Crippen LogP contribution in [0.4, 0.5) is 0 Å². The van der Waals surface area contributed by atoms with Gasteiger partial charge in [-0.15, -0.1) is 0 Å². The number of ether oxygens (including phenoxy) is 2. The van der Waals surface area contributed by atoms with Crippen LogP contribution < -0.4 is 5.32 Å². The highest BCUT2D eigenvalue weighted by molar-refractivity contribution is 5.75. The molecule has 1 heterocycles. The second-order valence-electron chi connectivity index (χ2n) is 4.18. The summed E-state index contributed by atoms with van der Waals surface area (Å²) in [5.41, 5.74) is 0. The van der Waals surface area contributed by atoms with Gasteiger partial charge < -0.3 is 14.8 Å². The molecule has 4 nitrogen and oxygen atoms in total. The predicted octanol–water partition coefficient (Wildman–Crippen LogP) is 1.61. The molecule has 0 aliphatic carbocycles. The van der Waals surface area contributed by atoms with Crippen molar-refractivity contribution in [2.45, 2.75) is 45.3 Å². The van der Waals surface area contributed by atoms with Gasteiger partial charge in [-0.1, -0.05) is 0 Å². The summed E-state index contributed by atoms with van der Waals surface area (Å²) in [5, 5.41) is 2.85. The molecule has 0 unspecified atom stereocenters. The highest BCUT2D eigenvalue weighted by Crippen LogP contribution is 2.08. The molecule has 0 bridgehead atoms. The molecule has 0 saturated heterocycles. The van der Waals surface area contributed by atoms with Crippen molar-refractivity contribution in [1.82, 2.24) is 5.32 Å². The smallest absolute Gasteiger partial charge is 0.222 e. The number of amides is 1. The van der Waals surface area contributed by atoms with Gasteiger partial charge >= 0.3 is 0 Å². The highest BCUT2D eigenvalue weighted by atomic mass is 16.5. The first-order chi connectivity index (χ1) is 7.68. The van der Waals surface area contributed by atoms with Gasteiger partial charge in [0.05, 0.1) is 25.5 Å². The molecule has 0 aromatic rings. The Morgan fingerprint density at radius 2 is 2.44 bits per heavy atom. The quantitative estimate of drug-likeness (QED) is 0.750. The minimum atomic E-state index is 0.0267. The van der Waals surface area contributed by atoms with E-state index < -0.39 is 0 Å². The summed E-state index contributed by atoms with van der Waals surface area (Å²) in [7, 11) is 0. The van der Waals surface area contributed by atoms with Crippen molar-refractivity contribution in [3.8, 4) is 0 Å². The summed E-state index contributed by atoms with van der Waals surface area (Å²) >= 11 is 0. The summed E-state index contributed by atoms with van der Waals surface area (Å²) in [4.78, 5) is 11.4. The molecule has 0 fully saturated rings. The fourth-order valence-corrected chi connectivity index (χ4v) is 1.44. The van der Waals surface area contributed by atoms with Crippen LogP contribution >= 0.6 is 0 Å². The minimum Gasteiger partial charge on any atom is -0.497 e. The predicted molar refractivity (Wildman–Crippen MR) is 62.0 cm³/mol. The number of hydrogen-bond acceptors (Lipinski definition) is 3. The van der Waals surface area contributed by atoms with E-state index in [-0.39, 0.29) is 18.1 Å². The number of allylic oxidation sites excluding steroid dienone is 1. The lowest BCUT2D eigenvalue weighted by atomic mass is 10.1. The first kappa shape index (κ1) is 13.0. The van der Waals surface area contributed by atoms with E-state index in [0.717, 1.165) is 12.8 Å². The van der Waals surface area contributed by atoms with Crippen molar-refractivity contribution in [3.63, 3.8) is 0 Å². The van der Waals surface area contributed by atoms with E-state index in [0.29, 0.717) is 19.6 Å². The number of carbonyl (C=O) groups is 1. The Kier molecular flexibility index (Phi) is 5.93. The summed E-state index contributed by atoms with van der Waals surface area (Å²) in [6.45, 7) is 4.99. The van der Waals surface area contributed by atoms with Gasteiger partial charge in [0.25, 0.3) is 0 Å². The molecule has 0 radical (unpaired) electrons. The third-order valence-corrected chi connectivity index (χ3v) is 2.33. The zero-order chi connectivity index (χ0) is 11.8. The van der Waals surface area contributed by atoms with Crippen molar-refractivity contribution in [2.24, 2.45) is 0 Å². The van der Waals surface area contributed by atoms with Crippen molar-refractivity contribution >= 4 is 5.91 Å². The Balaban J connectivity index is 2.03. The van der Waals surface area contributed by atoms with Crippen molar-refractivity contribution in [1.29, 1.82) is 0 Å². The molecule has 16 heavy (non-hydrogen) atoms. The SMILES string of the molecule is CC(C)OCCC(=O)NC[C@H]1CCC=CO1. The maximum atomic E-state index is 11.4.